The second kappa shape index (κ2) is 6.50. The lowest BCUT2D eigenvalue weighted by atomic mass is 10.1. The van der Waals surface area contributed by atoms with Gasteiger partial charge in [-0.15, -0.1) is 0 Å². The van der Waals surface area contributed by atoms with E-state index in [1.165, 1.54) is 4.90 Å². The van der Waals surface area contributed by atoms with Gasteiger partial charge in [-0.25, -0.2) is 8.78 Å². The van der Waals surface area contributed by atoms with E-state index in [0.29, 0.717) is 19.0 Å². The summed E-state index contributed by atoms with van der Waals surface area (Å²) in [5, 5.41) is 0. The summed E-state index contributed by atoms with van der Waals surface area (Å²) in [5.74, 6) is -1.78. The number of rotatable bonds is 5. The summed E-state index contributed by atoms with van der Waals surface area (Å²) in [4.78, 5) is 13.7. The molecule has 0 aliphatic heterocycles. The molecule has 1 aromatic rings. The third-order valence-electron chi connectivity index (χ3n) is 3.19. The Labute approximate surface area is 112 Å². The highest BCUT2D eigenvalue weighted by molar-refractivity contribution is 5.95. The highest BCUT2D eigenvalue weighted by Crippen LogP contribution is 2.19. The van der Waals surface area contributed by atoms with Gasteiger partial charge in [0.05, 0.1) is 11.3 Å². The van der Waals surface area contributed by atoms with Gasteiger partial charge in [-0.2, -0.15) is 0 Å². The Morgan fingerprint density at radius 2 is 2.00 bits per heavy atom. The van der Waals surface area contributed by atoms with Crippen molar-refractivity contribution in [3.63, 3.8) is 0 Å². The van der Waals surface area contributed by atoms with Gasteiger partial charge in [0.1, 0.15) is 5.82 Å². The van der Waals surface area contributed by atoms with Crippen molar-refractivity contribution >= 4 is 11.6 Å². The van der Waals surface area contributed by atoms with Crippen LogP contribution in [0.15, 0.2) is 12.1 Å². The molecular formula is C14H20F2N2O. The van der Waals surface area contributed by atoms with E-state index in [4.69, 9.17) is 5.73 Å². The molecule has 0 saturated carbocycles. The molecule has 3 nitrogen and oxygen atoms in total. The van der Waals surface area contributed by atoms with Crippen molar-refractivity contribution in [2.24, 2.45) is 5.92 Å². The Balaban J connectivity index is 3.04. The molecule has 5 heteroatoms. The molecule has 0 fully saturated rings. The van der Waals surface area contributed by atoms with Crippen LogP contribution in [0.3, 0.4) is 0 Å². The Morgan fingerprint density at radius 3 is 2.53 bits per heavy atom. The molecular weight excluding hydrogens is 250 g/mol. The quantitative estimate of drug-likeness (QED) is 0.836. The van der Waals surface area contributed by atoms with Crippen LogP contribution in [-0.2, 0) is 0 Å². The van der Waals surface area contributed by atoms with E-state index in [1.54, 1.807) is 6.92 Å². The molecule has 2 N–H and O–H groups in total. The van der Waals surface area contributed by atoms with Gasteiger partial charge in [-0.3, -0.25) is 4.79 Å². The van der Waals surface area contributed by atoms with Gasteiger partial charge in [0.2, 0.25) is 0 Å². The molecule has 1 unspecified atom stereocenters. The summed E-state index contributed by atoms with van der Waals surface area (Å²) in [5.41, 5.74) is 4.69. The van der Waals surface area contributed by atoms with Crippen molar-refractivity contribution in [2.45, 2.75) is 27.2 Å². The molecule has 0 aliphatic carbocycles. The maximum atomic E-state index is 13.8. The highest BCUT2D eigenvalue weighted by atomic mass is 19.1. The summed E-state index contributed by atoms with van der Waals surface area (Å²) in [7, 11) is 0. The minimum atomic E-state index is -0.853. The van der Waals surface area contributed by atoms with Gasteiger partial charge >= 0.3 is 0 Å². The van der Waals surface area contributed by atoms with Crippen molar-refractivity contribution in [3.8, 4) is 0 Å². The zero-order valence-electron chi connectivity index (χ0n) is 11.5. The van der Waals surface area contributed by atoms with Crippen LogP contribution < -0.4 is 5.73 Å². The van der Waals surface area contributed by atoms with Gasteiger partial charge in [0.15, 0.2) is 5.82 Å². The monoisotopic (exact) mass is 270 g/mol. The van der Waals surface area contributed by atoms with Gasteiger partial charge in [-0.1, -0.05) is 20.3 Å². The van der Waals surface area contributed by atoms with E-state index in [0.717, 1.165) is 18.6 Å². The first-order chi connectivity index (χ1) is 8.90. The molecule has 0 saturated heterocycles. The molecule has 0 bridgehead atoms. The van der Waals surface area contributed by atoms with Crippen molar-refractivity contribution in [1.82, 2.24) is 4.90 Å². The van der Waals surface area contributed by atoms with Crippen LogP contribution in [0, 0.1) is 17.6 Å². The van der Waals surface area contributed by atoms with Crippen LogP contribution in [0.2, 0.25) is 0 Å². The van der Waals surface area contributed by atoms with Gasteiger partial charge < -0.3 is 10.6 Å². The standard InChI is InChI=1S/C14H20F2N2O/c1-4-9(3)8-18(5-2)14(19)11-6-10(15)7-12(17)13(11)16/h6-7,9H,4-5,8,17H2,1-3H3. The number of anilines is 1. The molecule has 1 rings (SSSR count). The molecule has 0 spiro atoms. The second-order valence-electron chi connectivity index (χ2n) is 4.71. The summed E-state index contributed by atoms with van der Waals surface area (Å²) in [6, 6.07) is 1.77. The van der Waals surface area contributed by atoms with E-state index in [9.17, 15) is 13.6 Å². The van der Waals surface area contributed by atoms with Crippen molar-refractivity contribution in [2.75, 3.05) is 18.8 Å². The third kappa shape index (κ3) is 3.66. The first kappa shape index (κ1) is 15.4. The molecule has 0 aromatic heterocycles. The van der Waals surface area contributed by atoms with E-state index >= 15 is 0 Å². The first-order valence-electron chi connectivity index (χ1n) is 6.44. The number of hydrogen-bond donors (Lipinski definition) is 1. The maximum absolute atomic E-state index is 13.8. The van der Waals surface area contributed by atoms with E-state index < -0.39 is 17.5 Å². The molecule has 106 valence electrons. The topological polar surface area (TPSA) is 46.3 Å². The number of nitrogen functional groups attached to an aromatic ring is 1. The maximum Gasteiger partial charge on any atom is 0.257 e. The van der Waals surface area contributed by atoms with Crippen LogP contribution in [0.25, 0.3) is 0 Å². The Morgan fingerprint density at radius 1 is 1.37 bits per heavy atom. The smallest absolute Gasteiger partial charge is 0.257 e. The predicted molar refractivity (Wildman–Crippen MR) is 71.8 cm³/mol. The van der Waals surface area contributed by atoms with Crippen molar-refractivity contribution < 1.29 is 13.6 Å². The van der Waals surface area contributed by atoms with E-state index in [2.05, 4.69) is 0 Å². The lowest BCUT2D eigenvalue weighted by Crippen LogP contribution is -2.35. The molecule has 0 heterocycles. The highest BCUT2D eigenvalue weighted by Gasteiger charge is 2.21. The Kier molecular flexibility index (Phi) is 5.27. The molecule has 19 heavy (non-hydrogen) atoms. The van der Waals surface area contributed by atoms with Gasteiger partial charge in [0, 0.05) is 13.1 Å². The van der Waals surface area contributed by atoms with Crippen molar-refractivity contribution in [3.05, 3.63) is 29.3 Å². The van der Waals surface area contributed by atoms with Crippen LogP contribution >= 0.6 is 0 Å². The minimum Gasteiger partial charge on any atom is -0.396 e. The fourth-order valence-corrected chi connectivity index (χ4v) is 1.80. The number of carbonyl (C=O) groups is 1. The zero-order valence-corrected chi connectivity index (χ0v) is 11.5. The summed E-state index contributed by atoms with van der Waals surface area (Å²) in [6.45, 7) is 6.79. The summed E-state index contributed by atoms with van der Waals surface area (Å²) >= 11 is 0. The number of amides is 1. The number of halogens is 2. The lowest BCUT2D eigenvalue weighted by Gasteiger charge is -2.24. The molecule has 0 radical (unpaired) electrons. The normalized spacial score (nSPS) is 12.3. The molecule has 1 amide bonds. The molecule has 0 aliphatic rings. The fraction of sp³-hybridized carbons (Fsp3) is 0.500. The Hall–Kier alpha value is -1.65. The lowest BCUT2D eigenvalue weighted by molar-refractivity contribution is 0.0735. The summed E-state index contributed by atoms with van der Waals surface area (Å²) < 4.78 is 27.1. The predicted octanol–water partition coefficient (Wildman–Crippen LogP) is 3.06. The Bertz CT molecular complexity index is 463. The number of hydrogen-bond acceptors (Lipinski definition) is 2. The number of nitrogens with two attached hydrogens (primary N) is 1. The van der Waals surface area contributed by atoms with E-state index in [-0.39, 0.29) is 11.3 Å². The molecule has 1 atom stereocenters. The van der Waals surface area contributed by atoms with Crippen LogP contribution in [-0.4, -0.2) is 23.9 Å². The largest absolute Gasteiger partial charge is 0.396 e. The van der Waals surface area contributed by atoms with Crippen LogP contribution in [0.4, 0.5) is 14.5 Å². The van der Waals surface area contributed by atoms with E-state index in [1.807, 2.05) is 13.8 Å². The fourth-order valence-electron chi connectivity index (χ4n) is 1.80. The van der Waals surface area contributed by atoms with Gasteiger partial charge in [-0.05, 0) is 25.0 Å². The SMILES string of the molecule is CCC(C)CN(CC)C(=O)c1cc(F)cc(N)c1F. The van der Waals surface area contributed by atoms with Crippen molar-refractivity contribution in [1.29, 1.82) is 0 Å². The average Bonchev–Trinajstić information content (AvgIpc) is 2.38. The second-order valence-corrected chi connectivity index (χ2v) is 4.71. The average molecular weight is 270 g/mol. The number of nitrogens with zero attached hydrogens (tertiary/aromatic N) is 1. The number of carbonyl (C=O) groups excluding carboxylic acids is 1. The molecule has 1 aromatic carbocycles. The van der Waals surface area contributed by atoms with Gasteiger partial charge in [0.25, 0.3) is 5.91 Å². The van der Waals surface area contributed by atoms with Crippen LogP contribution in [0.5, 0.6) is 0 Å². The summed E-state index contributed by atoms with van der Waals surface area (Å²) in [6.07, 6.45) is 0.914. The number of benzene rings is 1. The zero-order chi connectivity index (χ0) is 14.6. The first-order valence-corrected chi connectivity index (χ1v) is 6.44. The van der Waals surface area contributed by atoms with Crippen LogP contribution in [0.1, 0.15) is 37.6 Å². The minimum absolute atomic E-state index is 0.303. The third-order valence-corrected chi connectivity index (χ3v) is 3.19.